The van der Waals surface area contributed by atoms with Crippen LogP contribution in [0.4, 0.5) is 4.79 Å². The number of furan rings is 1. The summed E-state index contributed by atoms with van der Waals surface area (Å²) in [6.45, 7) is 2.37. The van der Waals surface area contributed by atoms with Gasteiger partial charge in [0, 0.05) is 19.0 Å². The third-order valence-electron chi connectivity index (χ3n) is 5.01. The van der Waals surface area contributed by atoms with E-state index in [2.05, 4.69) is 16.0 Å². The third kappa shape index (κ3) is 5.12. The van der Waals surface area contributed by atoms with Crippen LogP contribution in [0.3, 0.4) is 0 Å². The smallest absolute Gasteiger partial charge is 0.315 e. The molecule has 1 aliphatic carbocycles. The first-order valence-corrected chi connectivity index (χ1v) is 9.51. The van der Waals surface area contributed by atoms with Gasteiger partial charge in [0.2, 0.25) is 5.91 Å². The Bertz CT molecular complexity index is 737. The minimum absolute atomic E-state index is 0.0738. The summed E-state index contributed by atoms with van der Waals surface area (Å²) >= 11 is 0. The minimum Gasteiger partial charge on any atom is -0.469 e. The highest BCUT2D eigenvalue weighted by atomic mass is 16.3. The number of nitrogens with one attached hydrogen (secondary N) is 3. The van der Waals surface area contributed by atoms with Gasteiger partial charge in [-0.2, -0.15) is 0 Å². The van der Waals surface area contributed by atoms with Crippen molar-refractivity contribution in [2.24, 2.45) is 0 Å². The summed E-state index contributed by atoms with van der Waals surface area (Å²) in [5.74, 6) is 0.714. The number of amides is 3. The van der Waals surface area contributed by atoms with Crippen molar-refractivity contribution >= 4 is 11.9 Å². The van der Waals surface area contributed by atoms with Crippen LogP contribution in [-0.4, -0.2) is 23.5 Å². The largest absolute Gasteiger partial charge is 0.469 e. The van der Waals surface area contributed by atoms with Gasteiger partial charge in [-0.3, -0.25) is 4.79 Å². The number of carbonyl (C=O) groups is 2. The zero-order valence-electron chi connectivity index (χ0n) is 15.7. The molecule has 0 spiro atoms. The Morgan fingerprint density at radius 1 is 1.11 bits per heavy atom. The molecular weight excluding hydrogens is 342 g/mol. The topological polar surface area (TPSA) is 83.4 Å². The molecular formula is C21H27N3O3. The van der Waals surface area contributed by atoms with Gasteiger partial charge in [0.1, 0.15) is 11.3 Å². The molecule has 6 heteroatoms. The molecule has 0 radical (unpaired) electrons. The van der Waals surface area contributed by atoms with Crippen LogP contribution in [0.25, 0.3) is 0 Å². The van der Waals surface area contributed by atoms with E-state index >= 15 is 0 Å². The van der Waals surface area contributed by atoms with E-state index in [0.717, 1.165) is 24.2 Å². The van der Waals surface area contributed by atoms with Gasteiger partial charge in [0.05, 0.1) is 6.26 Å². The first-order valence-electron chi connectivity index (χ1n) is 9.51. The average Bonchev–Trinajstić information content (AvgIpc) is 3.33. The molecule has 0 bridgehead atoms. The lowest BCUT2D eigenvalue weighted by Gasteiger charge is -2.30. The maximum atomic E-state index is 12.9. The van der Waals surface area contributed by atoms with Gasteiger partial charge in [-0.25, -0.2) is 4.79 Å². The molecule has 1 unspecified atom stereocenters. The van der Waals surface area contributed by atoms with Gasteiger partial charge in [-0.1, -0.05) is 43.2 Å². The Kier molecular flexibility index (Phi) is 6.16. The van der Waals surface area contributed by atoms with Gasteiger partial charge >= 0.3 is 6.03 Å². The van der Waals surface area contributed by atoms with Crippen molar-refractivity contribution in [1.82, 2.24) is 16.0 Å². The lowest BCUT2D eigenvalue weighted by molar-refractivity contribution is -0.127. The Morgan fingerprint density at radius 3 is 2.52 bits per heavy atom. The van der Waals surface area contributed by atoms with Crippen LogP contribution >= 0.6 is 0 Å². The molecule has 0 saturated heterocycles. The first kappa shape index (κ1) is 19.0. The zero-order chi connectivity index (χ0) is 19.1. The standard InChI is InChI=1S/C21H27N3O3/c1-16(14-18-10-7-13-27-18)23-19(25)21(11-5-6-12-21)24-20(26)22-15-17-8-3-2-4-9-17/h2-4,7-10,13,16H,5-6,11-12,14-15H2,1H3,(H,23,25)(H2,22,24,26). The molecule has 3 amide bonds. The van der Waals surface area contributed by atoms with Crippen LogP contribution in [0.15, 0.2) is 53.1 Å². The number of urea groups is 1. The lowest BCUT2D eigenvalue weighted by Crippen LogP contribution is -2.60. The summed E-state index contributed by atoms with van der Waals surface area (Å²) in [5.41, 5.74) is 0.183. The second kappa shape index (κ2) is 8.75. The van der Waals surface area contributed by atoms with E-state index in [-0.39, 0.29) is 18.0 Å². The maximum absolute atomic E-state index is 12.9. The van der Waals surface area contributed by atoms with Crippen LogP contribution in [0.1, 0.15) is 43.9 Å². The molecule has 144 valence electrons. The lowest BCUT2D eigenvalue weighted by atomic mass is 9.95. The van der Waals surface area contributed by atoms with Crippen molar-refractivity contribution in [3.05, 3.63) is 60.1 Å². The van der Waals surface area contributed by atoms with Crippen molar-refractivity contribution < 1.29 is 14.0 Å². The Morgan fingerprint density at radius 2 is 1.85 bits per heavy atom. The average molecular weight is 369 g/mol. The first-order chi connectivity index (χ1) is 13.1. The van der Waals surface area contributed by atoms with E-state index in [9.17, 15) is 9.59 Å². The summed E-state index contributed by atoms with van der Waals surface area (Å²) in [5, 5.41) is 8.83. The van der Waals surface area contributed by atoms with Crippen molar-refractivity contribution in [2.45, 2.75) is 57.2 Å². The van der Waals surface area contributed by atoms with Crippen molar-refractivity contribution in [2.75, 3.05) is 0 Å². The second-order valence-electron chi connectivity index (χ2n) is 7.24. The van der Waals surface area contributed by atoms with E-state index in [1.807, 2.05) is 49.4 Å². The molecule has 1 aliphatic rings. The third-order valence-corrected chi connectivity index (χ3v) is 5.01. The highest BCUT2D eigenvalue weighted by molar-refractivity contribution is 5.91. The van der Waals surface area contributed by atoms with Gasteiger partial charge < -0.3 is 20.4 Å². The Balaban J connectivity index is 1.55. The second-order valence-corrected chi connectivity index (χ2v) is 7.24. The molecule has 6 nitrogen and oxygen atoms in total. The van der Waals surface area contributed by atoms with Gasteiger partial charge in [0.25, 0.3) is 0 Å². The summed E-state index contributed by atoms with van der Waals surface area (Å²) < 4.78 is 5.34. The predicted octanol–water partition coefficient (Wildman–Crippen LogP) is 3.14. The molecule has 1 fully saturated rings. The van der Waals surface area contributed by atoms with Crippen molar-refractivity contribution in [1.29, 1.82) is 0 Å². The number of benzene rings is 1. The van der Waals surface area contributed by atoms with Crippen LogP contribution < -0.4 is 16.0 Å². The predicted molar refractivity (Wildman–Crippen MR) is 103 cm³/mol. The Labute approximate surface area is 159 Å². The molecule has 2 aromatic rings. The van der Waals surface area contributed by atoms with Gasteiger partial charge in [0.15, 0.2) is 0 Å². The van der Waals surface area contributed by atoms with Crippen LogP contribution in [0, 0.1) is 0 Å². The van der Waals surface area contributed by atoms with Crippen LogP contribution in [0.2, 0.25) is 0 Å². The normalized spacial score (nSPS) is 16.5. The van der Waals surface area contributed by atoms with Crippen LogP contribution in [0.5, 0.6) is 0 Å². The number of carbonyl (C=O) groups excluding carboxylic acids is 2. The van der Waals surface area contributed by atoms with E-state index in [1.165, 1.54) is 0 Å². The molecule has 0 aliphatic heterocycles. The quantitative estimate of drug-likeness (QED) is 0.701. The Hall–Kier alpha value is -2.76. The van der Waals surface area contributed by atoms with Gasteiger partial charge in [-0.05, 0) is 37.5 Å². The molecule has 1 aromatic heterocycles. The highest BCUT2D eigenvalue weighted by Crippen LogP contribution is 2.30. The number of hydrogen-bond acceptors (Lipinski definition) is 3. The number of rotatable bonds is 7. The van der Waals surface area contributed by atoms with E-state index in [4.69, 9.17) is 4.42 Å². The van der Waals surface area contributed by atoms with Gasteiger partial charge in [-0.15, -0.1) is 0 Å². The minimum atomic E-state index is -0.835. The fraction of sp³-hybridized carbons (Fsp3) is 0.429. The molecule has 1 saturated carbocycles. The monoisotopic (exact) mass is 369 g/mol. The van der Waals surface area contributed by atoms with E-state index < -0.39 is 5.54 Å². The SMILES string of the molecule is CC(Cc1ccco1)NC(=O)C1(NC(=O)NCc2ccccc2)CCCC1. The van der Waals surface area contributed by atoms with E-state index in [0.29, 0.717) is 25.8 Å². The fourth-order valence-electron chi connectivity index (χ4n) is 3.57. The molecule has 3 rings (SSSR count). The van der Waals surface area contributed by atoms with Crippen molar-refractivity contribution in [3.63, 3.8) is 0 Å². The van der Waals surface area contributed by atoms with Crippen LogP contribution in [-0.2, 0) is 17.8 Å². The number of hydrogen-bond donors (Lipinski definition) is 3. The summed E-state index contributed by atoms with van der Waals surface area (Å²) in [4.78, 5) is 25.3. The summed E-state index contributed by atoms with van der Waals surface area (Å²) in [7, 11) is 0. The molecule has 1 aromatic carbocycles. The molecule has 27 heavy (non-hydrogen) atoms. The van der Waals surface area contributed by atoms with E-state index in [1.54, 1.807) is 6.26 Å². The zero-order valence-corrected chi connectivity index (χ0v) is 15.7. The van der Waals surface area contributed by atoms with Crippen molar-refractivity contribution in [3.8, 4) is 0 Å². The summed E-state index contributed by atoms with van der Waals surface area (Å²) in [6, 6.07) is 13.0. The maximum Gasteiger partial charge on any atom is 0.315 e. The molecule has 1 atom stereocenters. The highest BCUT2D eigenvalue weighted by Gasteiger charge is 2.42. The fourth-order valence-corrected chi connectivity index (χ4v) is 3.57. The molecule has 1 heterocycles. The molecule has 3 N–H and O–H groups in total. The summed E-state index contributed by atoms with van der Waals surface area (Å²) in [6.07, 6.45) is 5.42.